The number of carbonyl (C=O) groups excluding carboxylic acids is 1. The maximum atomic E-state index is 12.4. The Labute approximate surface area is 182 Å². The molecule has 0 spiro atoms. The molecule has 4 rings (SSSR count). The molecule has 0 unspecified atom stereocenters. The first-order chi connectivity index (χ1) is 15.2. The van der Waals surface area contributed by atoms with Crippen molar-refractivity contribution < 1.29 is 4.79 Å². The lowest BCUT2D eigenvalue weighted by molar-refractivity contribution is 0.0949. The summed E-state index contributed by atoms with van der Waals surface area (Å²) in [6, 6.07) is 7.70. The largest absolute Gasteiger partial charge is 0.351 e. The highest BCUT2D eigenvalue weighted by molar-refractivity contribution is 5.94. The van der Waals surface area contributed by atoms with Crippen molar-refractivity contribution in [2.24, 2.45) is 0 Å². The lowest BCUT2D eigenvalue weighted by Gasteiger charge is -2.18. The number of nitrogens with zero attached hydrogens (tertiary/aromatic N) is 6. The summed E-state index contributed by atoms with van der Waals surface area (Å²) in [6.45, 7) is 7.70. The van der Waals surface area contributed by atoms with Crippen LogP contribution in [0.25, 0.3) is 11.2 Å². The van der Waals surface area contributed by atoms with E-state index in [9.17, 15) is 4.79 Å². The number of amides is 1. The SMILES string of the molecule is CCN(CC)CCNC(=O)c1ccc(Nc2ncc3nnn(C4CCCC4)c3n2)cc1. The van der Waals surface area contributed by atoms with Gasteiger partial charge in [0.1, 0.15) is 0 Å². The van der Waals surface area contributed by atoms with Crippen LogP contribution in [0.1, 0.15) is 55.9 Å². The predicted octanol–water partition coefficient (Wildman–Crippen LogP) is 3.15. The van der Waals surface area contributed by atoms with Gasteiger partial charge in [0.15, 0.2) is 11.2 Å². The summed E-state index contributed by atoms with van der Waals surface area (Å²) in [7, 11) is 0. The first-order valence-electron chi connectivity index (χ1n) is 11.1. The minimum absolute atomic E-state index is 0.0667. The van der Waals surface area contributed by atoms with Crippen LogP contribution in [0.5, 0.6) is 0 Å². The third kappa shape index (κ3) is 4.99. The third-order valence-electron chi connectivity index (χ3n) is 5.90. The first-order valence-corrected chi connectivity index (χ1v) is 11.1. The van der Waals surface area contributed by atoms with E-state index in [0.29, 0.717) is 29.6 Å². The molecule has 1 saturated carbocycles. The minimum atomic E-state index is -0.0667. The number of aromatic nitrogens is 5. The summed E-state index contributed by atoms with van der Waals surface area (Å²) in [6.07, 6.45) is 6.36. The summed E-state index contributed by atoms with van der Waals surface area (Å²) in [5.74, 6) is 0.424. The van der Waals surface area contributed by atoms with E-state index in [2.05, 4.69) is 49.7 Å². The van der Waals surface area contributed by atoms with Crippen LogP contribution in [-0.2, 0) is 0 Å². The Morgan fingerprint density at radius 3 is 2.61 bits per heavy atom. The zero-order valence-corrected chi connectivity index (χ0v) is 18.2. The second kappa shape index (κ2) is 9.82. The standard InChI is InChI=1S/C22H30N8O/c1-3-29(4-2)14-13-23-21(31)16-9-11-17(12-10-16)25-22-24-15-19-20(26-22)30(28-27-19)18-7-5-6-8-18/h9-12,15,18H,3-8,13-14H2,1-2H3,(H,23,31)(H,24,25,26). The lowest BCUT2D eigenvalue weighted by atomic mass is 10.2. The highest BCUT2D eigenvalue weighted by atomic mass is 16.1. The monoisotopic (exact) mass is 422 g/mol. The van der Waals surface area contributed by atoms with Crippen molar-refractivity contribution in [2.45, 2.75) is 45.6 Å². The van der Waals surface area contributed by atoms with Gasteiger partial charge in [0.05, 0.1) is 12.2 Å². The van der Waals surface area contributed by atoms with Gasteiger partial charge in [0.2, 0.25) is 5.95 Å². The van der Waals surface area contributed by atoms with Gasteiger partial charge in [0.25, 0.3) is 5.91 Å². The summed E-state index contributed by atoms with van der Waals surface area (Å²) in [4.78, 5) is 23.6. The van der Waals surface area contributed by atoms with Crippen molar-refractivity contribution in [3.63, 3.8) is 0 Å². The number of hydrogen-bond donors (Lipinski definition) is 2. The number of hydrogen-bond acceptors (Lipinski definition) is 7. The van der Waals surface area contributed by atoms with Crippen LogP contribution in [0, 0.1) is 0 Å². The zero-order valence-electron chi connectivity index (χ0n) is 18.2. The maximum absolute atomic E-state index is 12.4. The fraction of sp³-hybridized carbons (Fsp3) is 0.500. The lowest BCUT2D eigenvalue weighted by Crippen LogP contribution is -2.34. The Kier molecular flexibility index (Phi) is 6.71. The molecule has 0 bridgehead atoms. The molecule has 2 aromatic heterocycles. The second-order valence-electron chi connectivity index (χ2n) is 7.86. The van der Waals surface area contributed by atoms with Crippen LogP contribution in [0.2, 0.25) is 0 Å². The van der Waals surface area contributed by atoms with Gasteiger partial charge in [-0.3, -0.25) is 4.79 Å². The molecular weight excluding hydrogens is 392 g/mol. The van der Waals surface area contributed by atoms with Gasteiger partial charge in [-0.05, 0) is 50.2 Å². The van der Waals surface area contributed by atoms with Crippen LogP contribution in [0.3, 0.4) is 0 Å². The number of benzene rings is 1. The van der Waals surface area contributed by atoms with Gasteiger partial charge in [-0.1, -0.05) is 31.9 Å². The number of fused-ring (bicyclic) bond motifs is 1. The Morgan fingerprint density at radius 2 is 1.90 bits per heavy atom. The van der Waals surface area contributed by atoms with Gasteiger partial charge in [-0.15, -0.1) is 5.10 Å². The number of nitrogens with one attached hydrogen (secondary N) is 2. The fourth-order valence-corrected chi connectivity index (χ4v) is 4.00. The molecule has 1 aliphatic rings. The molecule has 9 nitrogen and oxygen atoms in total. The Hall–Kier alpha value is -3.07. The van der Waals surface area contributed by atoms with Crippen molar-refractivity contribution in [3.05, 3.63) is 36.0 Å². The molecule has 3 aromatic rings. The van der Waals surface area contributed by atoms with Crippen molar-refractivity contribution in [3.8, 4) is 0 Å². The Balaban J connectivity index is 1.39. The quantitative estimate of drug-likeness (QED) is 0.546. The molecule has 2 N–H and O–H groups in total. The molecule has 0 aliphatic heterocycles. The van der Waals surface area contributed by atoms with Crippen LogP contribution in [0.15, 0.2) is 30.5 Å². The average Bonchev–Trinajstić information content (AvgIpc) is 3.46. The molecule has 0 radical (unpaired) electrons. The molecule has 1 fully saturated rings. The third-order valence-corrected chi connectivity index (χ3v) is 5.90. The molecule has 1 aliphatic carbocycles. The van der Waals surface area contributed by atoms with E-state index in [1.54, 1.807) is 18.3 Å². The minimum Gasteiger partial charge on any atom is -0.351 e. The molecular formula is C22H30N8O. The predicted molar refractivity (Wildman–Crippen MR) is 120 cm³/mol. The molecule has 31 heavy (non-hydrogen) atoms. The topological polar surface area (TPSA) is 101 Å². The molecule has 9 heteroatoms. The van der Waals surface area contributed by atoms with Crippen LogP contribution < -0.4 is 10.6 Å². The average molecular weight is 423 g/mol. The van der Waals surface area contributed by atoms with E-state index in [4.69, 9.17) is 0 Å². The number of likely N-dealkylation sites (N-methyl/N-ethyl adjacent to an activating group) is 1. The van der Waals surface area contributed by atoms with E-state index >= 15 is 0 Å². The van der Waals surface area contributed by atoms with Crippen molar-refractivity contribution >= 4 is 28.7 Å². The van der Waals surface area contributed by atoms with E-state index in [1.807, 2.05) is 16.8 Å². The van der Waals surface area contributed by atoms with Gasteiger partial charge in [-0.25, -0.2) is 9.67 Å². The van der Waals surface area contributed by atoms with Crippen molar-refractivity contribution in [2.75, 3.05) is 31.5 Å². The van der Waals surface area contributed by atoms with Crippen LogP contribution in [-0.4, -0.2) is 61.9 Å². The van der Waals surface area contributed by atoms with Crippen LogP contribution >= 0.6 is 0 Å². The Morgan fingerprint density at radius 1 is 1.16 bits per heavy atom. The highest BCUT2D eigenvalue weighted by Gasteiger charge is 2.21. The molecule has 0 saturated heterocycles. The number of rotatable bonds is 9. The maximum Gasteiger partial charge on any atom is 0.251 e. The zero-order chi connectivity index (χ0) is 21.6. The summed E-state index contributed by atoms with van der Waals surface area (Å²) in [5, 5.41) is 14.7. The number of anilines is 2. The van der Waals surface area contributed by atoms with Gasteiger partial charge in [0, 0.05) is 24.3 Å². The fourth-order valence-electron chi connectivity index (χ4n) is 4.00. The number of carbonyl (C=O) groups is 1. The highest BCUT2D eigenvalue weighted by Crippen LogP contribution is 2.30. The molecule has 0 atom stereocenters. The van der Waals surface area contributed by atoms with E-state index in [1.165, 1.54) is 12.8 Å². The smallest absolute Gasteiger partial charge is 0.251 e. The van der Waals surface area contributed by atoms with Crippen molar-refractivity contribution in [1.29, 1.82) is 0 Å². The van der Waals surface area contributed by atoms with Gasteiger partial charge in [-0.2, -0.15) is 4.98 Å². The van der Waals surface area contributed by atoms with Crippen LogP contribution in [0.4, 0.5) is 11.6 Å². The van der Waals surface area contributed by atoms with Crippen molar-refractivity contribution in [1.82, 2.24) is 35.2 Å². The molecule has 164 valence electrons. The molecule has 1 aromatic carbocycles. The molecule has 2 heterocycles. The first kappa shape index (κ1) is 21.2. The summed E-state index contributed by atoms with van der Waals surface area (Å²) < 4.78 is 1.93. The summed E-state index contributed by atoms with van der Waals surface area (Å²) >= 11 is 0. The van der Waals surface area contributed by atoms with Gasteiger partial charge >= 0.3 is 0 Å². The molecule has 1 amide bonds. The van der Waals surface area contributed by atoms with E-state index in [-0.39, 0.29) is 5.91 Å². The van der Waals surface area contributed by atoms with E-state index in [0.717, 1.165) is 43.8 Å². The van der Waals surface area contributed by atoms with E-state index < -0.39 is 0 Å². The van der Waals surface area contributed by atoms with Gasteiger partial charge < -0.3 is 15.5 Å². The summed E-state index contributed by atoms with van der Waals surface area (Å²) in [5.41, 5.74) is 2.91. The second-order valence-corrected chi connectivity index (χ2v) is 7.86. The normalized spacial score (nSPS) is 14.4. The Bertz CT molecular complexity index is 1010.